The van der Waals surface area contributed by atoms with E-state index in [1.54, 1.807) is 12.5 Å². The van der Waals surface area contributed by atoms with E-state index in [4.69, 9.17) is 4.74 Å². The van der Waals surface area contributed by atoms with Crippen LogP contribution in [0.25, 0.3) is 0 Å². The molecule has 0 N–H and O–H groups in total. The van der Waals surface area contributed by atoms with Crippen molar-refractivity contribution in [3.8, 4) is 5.75 Å². The fourth-order valence-corrected chi connectivity index (χ4v) is 1.51. The number of ether oxygens (including phenoxy) is 1. The minimum absolute atomic E-state index is 0.467. The third-order valence-electron chi connectivity index (χ3n) is 2.35. The number of aryl methyl sites for hydroxylation is 1. The smallest absolute Gasteiger partial charge is 0.169 e. The molecule has 4 heteroatoms. The van der Waals surface area contributed by atoms with Crippen LogP contribution in [0.4, 0.5) is 0 Å². The largest absolute Gasteiger partial charge is 0.494 e. The summed E-state index contributed by atoms with van der Waals surface area (Å²) in [4.78, 5) is 14.4. The summed E-state index contributed by atoms with van der Waals surface area (Å²) in [5.74, 6) is 0.881. The fourth-order valence-electron chi connectivity index (χ4n) is 1.51. The second kappa shape index (κ2) is 5.84. The van der Waals surface area contributed by atoms with Crippen LogP contribution in [0.1, 0.15) is 16.9 Å². The quantitative estimate of drug-likeness (QED) is 0.564. The molecule has 2 rings (SSSR count). The molecule has 88 valence electrons. The number of carbonyl (C=O) groups excluding carboxylic acids is 1. The molecule has 0 saturated heterocycles. The van der Waals surface area contributed by atoms with E-state index in [1.807, 2.05) is 34.9 Å². The van der Waals surface area contributed by atoms with Crippen molar-refractivity contribution in [1.29, 1.82) is 0 Å². The zero-order valence-electron chi connectivity index (χ0n) is 9.45. The van der Waals surface area contributed by atoms with Crippen LogP contribution < -0.4 is 4.74 Å². The molecule has 0 saturated carbocycles. The molecule has 0 spiro atoms. The Labute approximate surface area is 99.9 Å². The number of rotatable bonds is 6. The molecule has 4 nitrogen and oxygen atoms in total. The van der Waals surface area contributed by atoms with E-state index < -0.39 is 0 Å². The van der Waals surface area contributed by atoms with Gasteiger partial charge < -0.3 is 9.30 Å². The first-order valence-electron chi connectivity index (χ1n) is 5.53. The molecule has 0 atom stereocenters. The highest BCUT2D eigenvalue weighted by Crippen LogP contribution is 2.08. The molecular formula is C13H14N2O2. The van der Waals surface area contributed by atoms with Gasteiger partial charge in [-0.05, 0) is 18.6 Å². The van der Waals surface area contributed by atoms with Gasteiger partial charge in [0.05, 0.1) is 12.9 Å². The van der Waals surface area contributed by atoms with Gasteiger partial charge in [-0.2, -0.15) is 0 Å². The molecule has 1 aromatic carbocycles. The van der Waals surface area contributed by atoms with E-state index in [9.17, 15) is 4.79 Å². The van der Waals surface area contributed by atoms with Crippen LogP contribution in [-0.4, -0.2) is 22.4 Å². The molecule has 1 heterocycles. The summed E-state index contributed by atoms with van der Waals surface area (Å²) in [6.07, 6.45) is 5.02. The summed E-state index contributed by atoms with van der Waals surface area (Å²) >= 11 is 0. The first kappa shape index (κ1) is 11.4. The van der Waals surface area contributed by atoms with Crippen molar-refractivity contribution in [2.45, 2.75) is 13.0 Å². The predicted octanol–water partition coefficient (Wildman–Crippen LogP) is 2.16. The molecule has 0 fully saturated rings. The second-order valence-corrected chi connectivity index (χ2v) is 3.67. The third kappa shape index (κ3) is 3.45. The molecule has 0 bridgehead atoms. The lowest BCUT2D eigenvalue weighted by atomic mass is 10.3. The predicted molar refractivity (Wildman–Crippen MR) is 64.2 cm³/mol. The monoisotopic (exact) mass is 230 g/mol. The van der Waals surface area contributed by atoms with Gasteiger partial charge in [-0.1, -0.05) is 18.2 Å². The van der Waals surface area contributed by atoms with Crippen LogP contribution in [-0.2, 0) is 6.54 Å². The van der Waals surface area contributed by atoms with Crippen molar-refractivity contribution in [3.05, 3.63) is 48.5 Å². The molecule has 2 aromatic rings. The van der Waals surface area contributed by atoms with Crippen molar-refractivity contribution in [2.24, 2.45) is 0 Å². The van der Waals surface area contributed by atoms with E-state index in [1.165, 1.54) is 0 Å². The number of aldehydes is 1. The maximum Gasteiger partial charge on any atom is 0.169 e. The molecule has 17 heavy (non-hydrogen) atoms. The first-order valence-corrected chi connectivity index (χ1v) is 5.53. The Morgan fingerprint density at radius 2 is 2.12 bits per heavy atom. The van der Waals surface area contributed by atoms with E-state index in [0.717, 1.165) is 25.0 Å². The second-order valence-electron chi connectivity index (χ2n) is 3.67. The molecule has 0 amide bonds. The number of hydrogen-bond donors (Lipinski definition) is 0. The summed E-state index contributed by atoms with van der Waals surface area (Å²) in [6.45, 7) is 1.45. The Bertz CT molecular complexity index is 465. The topological polar surface area (TPSA) is 44.1 Å². The molecule has 0 unspecified atom stereocenters. The van der Waals surface area contributed by atoms with Gasteiger partial charge in [0.2, 0.25) is 0 Å². The highest BCUT2D eigenvalue weighted by molar-refractivity contribution is 5.70. The summed E-state index contributed by atoms with van der Waals surface area (Å²) < 4.78 is 7.44. The summed E-state index contributed by atoms with van der Waals surface area (Å²) in [5.41, 5.74) is 0.467. The van der Waals surface area contributed by atoms with E-state index in [-0.39, 0.29) is 0 Å². The van der Waals surface area contributed by atoms with Gasteiger partial charge in [0.15, 0.2) is 6.29 Å². The summed E-state index contributed by atoms with van der Waals surface area (Å²) in [5, 5.41) is 0. The van der Waals surface area contributed by atoms with Crippen molar-refractivity contribution < 1.29 is 9.53 Å². The van der Waals surface area contributed by atoms with E-state index in [0.29, 0.717) is 12.3 Å². The van der Waals surface area contributed by atoms with Crippen LogP contribution in [0.3, 0.4) is 0 Å². The van der Waals surface area contributed by atoms with Gasteiger partial charge >= 0.3 is 0 Å². The van der Waals surface area contributed by atoms with Crippen LogP contribution in [0, 0.1) is 0 Å². The maximum absolute atomic E-state index is 10.4. The van der Waals surface area contributed by atoms with Crippen LogP contribution in [0.5, 0.6) is 5.75 Å². The lowest BCUT2D eigenvalue weighted by Crippen LogP contribution is -2.02. The molecule has 1 aromatic heterocycles. The molecule has 0 aliphatic carbocycles. The maximum atomic E-state index is 10.4. The summed E-state index contributed by atoms with van der Waals surface area (Å²) in [7, 11) is 0. The zero-order chi connectivity index (χ0) is 11.9. The average molecular weight is 230 g/mol. The number of benzene rings is 1. The number of imidazole rings is 1. The van der Waals surface area contributed by atoms with Crippen LogP contribution >= 0.6 is 0 Å². The Kier molecular flexibility index (Phi) is 3.91. The fraction of sp³-hybridized carbons (Fsp3) is 0.231. The average Bonchev–Trinajstić information content (AvgIpc) is 2.84. The lowest BCUT2D eigenvalue weighted by Gasteiger charge is -2.05. The van der Waals surface area contributed by atoms with E-state index >= 15 is 0 Å². The number of hydrogen-bond acceptors (Lipinski definition) is 3. The number of aromatic nitrogens is 2. The Balaban J connectivity index is 1.71. The normalized spacial score (nSPS) is 10.1. The van der Waals surface area contributed by atoms with Gasteiger partial charge in [0.1, 0.15) is 11.4 Å². The van der Waals surface area contributed by atoms with Gasteiger partial charge in [0, 0.05) is 12.7 Å². The molecule has 0 radical (unpaired) electrons. The van der Waals surface area contributed by atoms with E-state index in [2.05, 4.69) is 4.98 Å². The van der Waals surface area contributed by atoms with Gasteiger partial charge in [-0.3, -0.25) is 4.79 Å². The minimum atomic E-state index is 0.467. The number of nitrogens with zero attached hydrogens (tertiary/aromatic N) is 2. The van der Waals surface area contributed by atoms with Crippen LogP contribution in [0.15, 0.2) is 42.9 Å². The van der Waals surface area contributed by atoms with Crippen molar-refractivity contribution in [3.63, 3.8) is 0 Å². The van der Waals surface area contributed by atoms with Crippen molar-refractivity contribution in [1.82, 2.24) is 9.55 Å². The Hall–Kier alpha value is -2.10. The third-order valence-corrected chi connectivity index (χ3v) is 2.35. The number of para-hydroxylation sites is 1. The molecule has 0 aliphatic heterocycles. The first-order chi connectivity index (χ1) is 8.38. The number of carbonyl (C=O) groups is 1. The minimum Gasteiger partial charge on any atom is -0.494 e. The van der Waals surface area contributed by atoms with Crippen LogP contribution in [0.2, 0.25) is 0 Å². The molecule has 0 aliphatic rings. The van der Waals surface area contributed by atoms with Gasteiger partial charge in [-0.25, -0.2) is 4.98 Å². The Morgan fingerprint density at radius 3 is 2.82 bits per heavy atom. The van der Waals surface area contributed by atoms with Gasteiger partial charge in [-0.15, -0.1) is 0 Å². The van der Waals surface area contributed by atoms with Gasteiger partial charge in [0.25, 0.3) is 0 Å². The SMILES string of the molecule is O=Cc1cn(CCCOc2ccccc2)cn1. The standard InChI is InChI=1S/C13H14N2O2/c16-10-12-9-15(11-14-12)7-4-8-17-13-5-2-1-3-6-13/h1-3,5-6,9-11H,4,7-8H2. The lowest BCUT2D eigenvalue weighted by molar-refractivity contribution is 0.111. The highest BCUT2D eigenvalue weighted by Gasteiger charge is 1.97. The van der Waals surface area contributed by atoms with Crippen molar-refractivity contribution >= 4 is 6.29 Å². The highest BCUT2D eigenvalue weighted by atomic mass is 16.5. The van der Waals surface area contributed by atoms with Crippen molar-refractivity contribution in [2.75, 3.05) is 6.61 Å². The molecular weight excluding hydrogens is 216 g/mol. The summed E-state index contributed by atoms with van der Waals surface area (Å²) in [6, 6.07) is 9.71. The Morgan fingerprint density at radius 1 is 1.29 bits per heavy atom. The zero-order valence-corrected chi connectivity index (χ0v) is 9.45.